The minimum atomic E-state index is -0.429. The summed E-state index contributed by atoms with van der Waals surface area (Å²) >= 11 is 5.71. The van der Waals surface area contributed by atoms with Gasteiger partial charge >= 0.3 is 0 Å². The van der Waals surface area contributed by atoms with E-state index in [2.05, 4.69) is 0 Å². The highest BCUT2D eigenvalue weighted by atomic mass is 35.5. The number of halogens is 3. The number of hydrogen-bond donors (Lipinski definition) is 0. The Morgan fingerprint density at radius 3 is 2.20 bits per heavy atom. The molecular weight excluding hydrogens is 218 g/mol. The van der Waals surface area contributed by atoms with Gasteiger partial charge in [0.15, 0.2) is 0 Å². The summed E-state index contributed by atoms with van der Waals surface area (Å²) < 4.78 is 26.0. The van der Waals surface area contributed by atoms with E-state index in [1.807, 2.05) is 0 Å². The average molecular weight is 225 g/mol. The fourth-order valence-electron chi connectivity index (χ4n) is 1.39. The molecule has 0 spiro atoms. The first-order valence-electron chi connectivity index (χ1n) is 4.37. The molecule has 0 radical (unpaired) electrons. The van der Waals surface area contributed by atoms with Gasteiger partial charge < -0.3 is 0 Å². The lowest BCUT2D eigenvalue weighted by Gasteiger charge is -2.02. The Morgan fingerprint density at radius 1 is 0.800 bits per heavy atom. The molecule has 15 heavy (non-hydrogen) atoms. The molecule has 2 rings (SSSR count). The summed E-state index contributed by atoms with van der Waals surface area (Å²) in [6, 6.07) is 10.1. The summed E-state index contributed by atoms with van der Waals surface area (Å²) in [5.41, 5.74) is 1.18. The Bertz CT molecular complexity index is 474. The summed E-state index contributed by atoms with van der Waals surface area (Å²) in [7, 11) is 0. The predicted octanol–water partition coefficient (Wildman–Crippen LogP) is 4.29. The molecule has 0 unspecified atom stereocenters. The Hall–Kier alpha value is -1.41. The Morgan fingerprint density at radius 2 is 1.53 bits per heavy atom. The Balaban J connectivity index is 2.54. The lowest BCUT2D eigenvalue weighted by atomic mass is 10.1. The van der Waals surface area contributed by atoms with Gasteiger partial charge in [-0.05, 0) is 41.5 Å². The van der Waals surface area contributed by atoms with E-state index in [1.54, 1.807) is 18.2 Å². The van der Waals surface area contributed by atoms with Gasteiger partial charge in [0.2, 0.25) is 0 Å². The van der Waals surface area contributed by atoms with Crippen LogP contribution in [0.3, 0.4) is 0 Å². The monoisotopic (exact) mass is 224 g/mol. The van der Waals surface area contributed by atoms with Gasteiger partial charge in [0.25, 0.3) is 0 Å². The van der Waals surface area contributed by atoms with Gasteiger partial charge in [-0.25, -0.2) is 8.78 Å². The van der Waals surface area contributed by atoms with Gasteiger partial charge in [0.05, 0.1) is 0 Å². The lowest BCUT2D eigenvalue weighted by molar-refractivity contribution is 0.626. The van der Waals surface area contributed by atoms with Crippen molar-refractivity contribution in [3.8, 4) is 11.1 Å². The summed E-state index contributed by atoms with van der Waals surface area (Å²) in [5, 5.41) is 0.300. The number of rotatable bonds is 1. The molecule has 3 heteroatoms. The van der Waals surface area contributed by atoms with Gasteiger partial charge in [-0.2, -0.15) is 0 Å². The van der Waals surface area contributed by atoms with Gasteiger partial charge in [-0.1, -0.05) is 23.7 Å². The third kappa shape index (κ3) is 2.34. The van der Waals surface area contributed by atoms with E-state index < -0.39 is 5.82 Å². The maximum Gasteiger partial charge on any atom is 0.125 e. The Labute approximate surface area is 91.1 Å². The van der Waals surface area contributed by atoms with Crippen molar-refractivity contribution in [1.82, 2.24) is 0 Å². The first-order valence-corrected chi connectivity index (χ1v) is 4.75. The predicted molar refractivity (Wildman–Crippen MR) is 56.8 cm³/mol. The van der Waals surface area contributed by atoms with Crippen LogP contribution in [0.1, 0.15) is 0 Å². The molecule has 2 aromatic carbocycles. The van der Waals surface area contributed by atoms with E-state index in [1.165, 1.54) is 24.3 Å². The molecule has 0 aliphatic rings. The van der Waals surface area contributed by atoms with Crippen LogP contribution in [0.4, 0.5) is 8.78 Å². The topological polar surface area (TPSA) is 0 Å². The second-order valence-electron chi connectivity index (χ2n) is 3.17. The van der Waals surface area contributed by atoms with Crippen molar-refractivity contribution in [1.29, 1.82) is 0 Å². The molecule has 0 aliphatic heterocycles. The van der Waals surface area contributed by atoms with E-state index >= 15 is 0 Å². The zero-order valence-electron chi connectivity index (χ0n) is 7.68. The minimum absolute atomic E-state index is 0.300. The first kappa shape index (κ1) is 10.1. The van der Waals surface area contributed by atoms with Crippen LogP contribution in [-0.4, -0.2) is 0 Å². The normalized spacial score (nSPS) is 10.3. The van der Waals surface area contributed by atoms with Crippen LogP contribution in [-0.2, 0) is 0 Å². The maximum atomic E-state index is 13.0. The largest absolute Gasteiger partial charge is 0.207 e. The quantitative estimate of drug-likeness (QED) is 0.678. The van der Waals surface area contributed by atoms with Crippen LogP contribution in [0.15, 0.2) is 42.5 Å². The minimum Gasteiger partial charge on any atom is -0.207 e. The van der Waals surface area contributed by atoms with E-state index in [-0.39, 0.29) is 5.82 Å². The third-order valence-corrected chi connectivity index (χ3v) is 2.24. The zero-order valence-corrected chi connectivity index (χ0v) is 8.43. The van der Waals surface area contributed by atoms with Gasteiger partial charge in [0.1, 0.15) is 11.6 Å². The van der Waals surface area contributed by atoms with Gasteiger partial charge in [-0.15, -0.1) is 0 Å². The van der Waals surface area contributed by atoms with Crippen LogP contribution in [0, 0.1) is 11.6 Å². The number of hydrogen-bond acceptors (Lipinski definition) is 0. The SMILES string of the molecule is Fc1cccc(-c2cc(F)cc(Cl)c2)c1. The first-order chi connectivity index (χ1) is 7.15. The van der Waals surface area contributed by atoms with Crippen molar-refractivity contribution >= 4 is 11.6 Å². The highest BCUT2D eigenvalue weighted by Gasteiger charge is 2.02. The molecule has 0 heterocycles. The van der Waals surface area contributed by atoms with Crippen LogP contribution < -0.4 is 0 Å². The van der Waals surface area contributed by atoms with Crippen molar-refractivity contribution in [3.63, 3.8) is 0 Å². The molecule has 0 nitrogen and oxygen atoms in total. The summed E-state index contributed by atoms with van der Waals surface area (Å²) in [5.74, 6) is -0.783. The molecule has 0 bridgehead atoms. The van der Waals surface area contributed by atoms with E-state index in [0.29, 0.717) is 16.1 Å². The smallest absolute Gasteiger partial charge is 0.125 e. The van der Waals surface area contributed by atoms with E-state index in [9.17, 15) is 8.78 Å². The molecule has 76 valence electrons. The van der Waals surface area contributed by atoms with Crippen molar-refractivity contribution in [2.24, 2.45) is 0 Å². The molecule has 0 fully saturated rings. The van der Waals surface area contributed by atoms with Crippen molar-refractivity contribution in [2.75, 3.05) is 0 Å². The maximum absolute atomic E-state index is 13.0. The molecule has 2 aromatic rings. The molecule has 0 atom stereocenters. The Kier molecular flexibility index (Phi) is 2.69. The third-order valence-electron chi connectivity index (χ3n) is 2.02. The van der Waals surface area contributed by atoms with Gasteiger partial charge in [0, 0.05) is 5.02 Å². The lowest BCUT2D eigenvalue weighted by Crippen LogP contribution is -1.82. The van der Waals surface area contributed by atoms with E-state index in [4.69, 9.17) is 11.6 Å². The highest BCUT2D eigenvalue weighted by Crippen LogP contribution is 2.24. The van der Waals surface area contributed by atoms with Crippen LogP contribution in [0.5, 0.6) is 0 Å². The fraction of sp³-hybridized carbons (Fsp3) is 0. The standard InChI is InChI=1S/C12H7ClF2/c13-10-4-9(6-12(15)7-10)8-2-1-3-11(14)5-8/h1-7H. The zero-order chi connectivity index (χ0) is 10.8. The second-order valence-corrected chi connectivity index (χ2v) is 3.60. The van der Waals surface area contributed by atoms with Crippen LogP contribution in [0.25, 0.3) is 11.1 Å². The molecule has 0 N–H and O–H groups in total. The van der Waals surface area contributed by atoms with Crippen molar-refractivity contribution < 1.29 is 8.78 Å². The molecule has 0 aromatic heterocycles. The molecule has 0 saturated heterocycles. The summed E-state index contributed by atoms with van der Waals surface area (Å²) in [4.78, 5) is 0. The molecule has 0 saturated carbocycles. The molecule has 0 aliphatic carbocycles. The molecule has 0 amide bonds. The fourth-order valence-corrected chi connectivity index (χ4v) is 1.61. The average Bonchev–Trinajstić information content (AvgIpc) is 2.16. The summed E-state index contributed by atoms with van der Waals surface area (Å²) in [6.45, 7) is 0. The van der Waals surface area contributed by atoms with Crippen molar-refractivity contribution in [3.05, 3.63) is 59.1 Å². The van der Waals surface area contributed by atoms with E-state index in [0.717, 1.165) is 0 Å². The molecular formula is C12H7ClF2. The summed E-state index contributed by atoms with van der Waals surface area (Å²) in [6.07, 6.45) is 0. The second kappa shape index (κ2) is 3.99. The van der Waals surface area contributed by atoms with Crippen LogP contribution >= 0.6 is 11.6 Å². The highest BCUT2D eigenvalue weighted by molar-refractivity contribution is 6.30. The van der Waals surface area contributed by atoms with Crippen molar-refractivity contribution in [2.45, 2.75) is 0 Å². The van der Waals surface area contributed by atoms with Crippen LogP contribution in [0.2, 0.25) is 5.02 Å². The number of benzene rings is 2. The van der Waals surface area contributed by atoms with Gasteiger partial charge in [-0.3, -0.25) is 0 Å².